The van der Waals surface area contributed by atoms with E-state index in [1.54, 1.807) is 24.3 Å². The van der Waals surface area contributed by atoms with Gasteiger partial charge in [0.1, 0.15) is 0 Å². The Hall–Kier alpha value is -1.97. The molecule has 1 heterocycles. The SMILES string of the molecule is O=C(Cc1c[nH]c2cc(Cl)ccc12)Nc1cccc(Cl)c1. The largest absolute Gasteiger partial charge is 0.361 e. The number of amides is 1. The van der Waals surface area contributed by atoms with Crippen molar-refractivity contribution in [1.82, 2.24) is 4.98 Å². The monoisotopic (exact) mass is 318 g/mol. The Balaban J connectivity index is 1.77. The van der Waals surface area contributed by atoms with E-state index < -0.39 is 0 Å². The van der Waals surface area contributed by atoms with E-state index in [-0.39, 0.29) is 12.3 Å². The molecule has 3 aromatic rings. The highest BCUT2D eigenvalue weighted by Gasteiger charge is 2.09. The van der Waals surface area contributed by atoms with E-state index in [2.05, 4.69) is 10.3 Å². The summed E-state index contributed by atoms with van der Waals surface area (Å²) in [6.07, 6.45) is 2.12. The Morgan fingerprint density at radius 1 is 1.10 bits per heavy atom. The summed E-state index contributed by atoms with van der Waals surface area (Å²) >= 11 is 11.8. The molecule has 0 radical (unpaired) electrons. The zero-order valence-corrected chi connectivity index (χ0v) is 12.5. The van der Waals surface area contributed by atoms with Gasteiger partial charge in [-0.25, -0.2) is 0 Å². The van der Waals surface area contributed by atoms with E-state index in [0.29, 0.717) is 15.7 Å². The lowest BCUT2D eigenvalue weighted by Gasteiger charge is -2.05. The van der Waals surface area contributed by atoms with E-state index in [9.17, 15) is 4.79 Å². The molecule has 2 N–H and O–H groups in total. The Morgan fingerprint density at radius 3 is 2.71 bits per heavy atom. The number of fused-ring (bicyclic) bond motifs is 1. The number of nitrogens with one attached hydrogen (secondary N) is 2. The van der Waals surface area contributed by atoms with Crippen molar-refractivity contribution in [3.05, 3.63) is 64.3 Å². The van der Waals surface area contributed by atoms with Gasteiger partial charge in [0, 0.05) is 32.8 Å². The molecule has 106 valence electrons. The zero-order valence-electron chi connectivity index (χ0n) is 11.0. The van der Waals surface area contributed by atoms with Crippen LogP contribution in [0.25, 0.3) is 10.9 Å². The van der Waals surface area contributed by atoms with Gasteiger partial charge in [-0.3, -0.25) is 4.79 Å². The van der Waals surface area contributed by atoms with E-state index in [1.807, 2.05) is 24.4 Å². The highest BCUT2D eigenvalue weighted by atomic mass is 35.5. The summed E-state index contributed by atoms with van der Waals surface area (Å²) in [6.45, 7) is 0. The van der Waals surface area contributed by atoms with Crippen molar-refractivity contribution in [2.75, 3.05) is 5.32 Å². The van der Waals surface area contributed by atoms with Gasteiger partial charge in [0.25, 0.3) is 0 Å². The molecule has 0 saturated heterocycles. The van der Waals surface area contributed by atoms with Crippen LogP contribution in [0.4, 0.5) is 5.69 Å². The third kappa shape index (κ3) is 3.20. The average Bonchev–Trinajstić information content (AvgIpc) is 2.81. The van der Waals surface area contributed by atoms with Crippen molar-refractivity contribution >= 4 is 45.7 Å². The number of benzene rings is 2. The van der Waals surface area contributed by atoms with Crippen molar-refractivity contribution in [2.45, 2.75) is 6.42 Å². The molecule has 3 nitrogen and oxygen atoms in total. The lowest BCUT2D eigenvalue weighted by atomic mass is 10.1. The molecule has 0 unspecified atom stereocenters. The van der Waals surface area contributed by atoms with E-state index >= 15 is 0 Å². The molecule has 2 aromatic carbocycles. The molecule has 3 rings (SSSR count). The Kier molecular flexibility index (Phi) is 3.86. The Morgan fingerprint density at radius 2 is 1.90 bits per heavy atom. The van der Waals surface area contributed by atoms with Gasteiger partial charge in [-0.1, -0.05) is 35.3 Å². The summed E-state index contributed by atoms with van der Waals surface area (Å²) in [4.78, 5) is 15.2. The van der Waals surface area contributed by atoms with Gasteiger partial charge in [0.05, 0.1) is 6.42 Å². The first-order valence-electron chi connectivity index (χ1n) is 6.43. The van der Waals surface area contributed by atoms with Crippen molar-refractivity contribution in [2.24, 2.45) is 0 Å². The molecule has 0 saturated carbocycles. The number of anilines is 1. The van der Waals surface area contributed by atoms with Gasteiger partial charge >= 0.3 is 0 Å². The van der Waals surface area contributed by atoms with Gasteiger partial charge < -0.3 is 10.3 Å². The second-order valence-corrected chi connectivity index (χ2v) is 5.61. The summed E-state index contributed by atoms with van der Waals surface area (Å²) in [5.41, 5.74) is 2.55. The summed E-state index contributed by atoms with van der Waals surface area (Å²) in [5, 5.41) is 5.09. The second kappa shape index (κ2) is 5.80. The molecule has 0 spiro atoms. The highest BCUT2D eigenvalue weighted by molar-refractivity contribution is 6.31. The van der Waals surface area contributed by atoms with Crippen LogP contribution in [0.5, 0.6) is 0 Å². The predicted molar refractivity (Wildman–Crippen MR) is 87.1 cm³/mol. The lowest BCUT2D eigenvalue weighted by molar-refractivity contribution is -0.115. The minimum absolute atomic E-state index is 0.0897. The fraction of sp³-hybridized carbons (Fsp3) is 0.0625. The first kappa shape index (κ1) is 14.0. The molecule has 0 aliphatic heterocycles. The topological polar surface area (TPSA) is 44.9 Å². The lowest BCUT2D eigenvalue weighted by Crippen LogP contribution is -2.14. The minimum Gasteiger partial charge on any atom is -0.361 e. The Labute approximate surface area is 131 Å². The number of halogens is 2. The van der Waals surface area contributed by atoms with Crippen molar-refractivity contribution in [3.8, 4) is 0 Å². The minimum atomic E-state index is -0.0897. The third-order valence-electron chi connectivity index (χ3n) is 3.19. The number of hydrogen-bond donors (Lipinski definition) is 2. The molecular weight excluding hydrogens is 307 g/mol. The molecular formula is C16H12Cl2N2O. The number of rotatable bonds is 3. The number of H-pyrrole nitrogens is 1. The second-order valence-electron chi connectivity index (χ2n) is 4.74. The first-order valence-corrected chi connectivity index (χ1v) is 7.18. The fourth-order valence-electron chi connectivity index (χ4n) is 2.25. The molecule has 0 fully saturated rings. The highest BCUT2D eigenvalue weighted by Crippen LogP contribution is 2.23. The van der Waals surface area contributed by atoms with Crippen LogP contribution in [0.3, 0.4) is 0 Å². The van der Waals surface area contributed by atoms with Crippen LogP contribution in [0.1, 0.15) is 5.56 Å². The van der Waals surface area contributed by atoms with Crippen LogP contribution < -0.4 is 5.32 Å². The molecule has 1 amide bonds. The number of carbonyl (C=O) groups excluding carboxylic acids is 1. The summed E-state index contributed by atoms with van der Waals surface area (Å²) in [6, 6.07) is 12.7. The van der Waals surface area contributed by atoms with Crippen molar-refractivity contribution < 1.29 is 4.79 Å². The van der Waals surface area contributed by atoms with E-state index in [0.717, 1.165) is 16.5 Å². The zero-order chi connectivity index (χ0) is 14.8. The molecule has 1 aromatic heterocycles. The van der Waals surface area contributed by atoms with Gasteiger partial charge in [-0.15, -0.1) is 0 Å². The van der Waals surface area contributed by atoms with E-state index in [4.69, 9.17) is 23.2 Å². The predicted octanol–water partition coefficient (Wildman–Crippen LogP) is 4.66. The van der Waals surface area contributed by atoms with Crippen LogP contribution in [0.15, 0.2) is 48.7 Å². The average molecular weight is 319 g/mol. The summed E-state index contributed by atoms with van der Waals surface area (Å²) in [7, 11) is 0. The number of carbonyl (C=O) groups is 1. The smallest absolute Gasteiger partial charge is 0.228 e. The van der Waals surface area contributed by atoms with Gasteiger partial charge in [-0.05, 0) is 35.9 Å². The van der Waals surface area contributed by atoms with Crippen molar-refractivity contribution in [3.63, 3.8) is 0 Å². The molecule has 0 bridgehead atoms. The van der Waals surface area contributed by atoms with Crippen molar-refractivity contribution in [1.29, 1.82) is 0 Å². The van der Waals surface area contributed by atoms with Crippen LogP contribution in [0.2, 0.25) is 10.0 Å². The van der Waals surface area contributed by atoms with E-state index in [1.165, 1.54) is 0 Å². The first-order chi connectivity index (χ1) is 10.1. The van der Waals surface area contributed by atoms with Crippen LogP contribution in [-0.4, -0.2) is 10.9 Å². The van der Waals surface area contributed by atoms with Crippen LogP contribution in [-0.2, 0) is 11.2 Å². The maximum atomic E-state index is 12.1. The molecule has 5 heteroatoms. The van der Waals surface area contributed by atoms with Crippen LogP contribution in [0, 0.1) is 0 Å². The summed E-state index contributed by atoms with van der Waals surface area (Å²) < 4.78 is 0. The quantitative estimate of drug-likeness (QED) is 0.725. The number of hydrogen-bond acceptors (Lipinski definition) is 1. The van der Waals surface area contributed by atoms with Gasteiger partial charge in [0.2, 0.25) is 5.91 Å². The third-order valence-corrected chi connectivity index (χ3v) is 3.66. The molecule has 0 atom stereocenters. The number of aromatic amines is 1. The maximum absolute atomic E-state index is 12.1. The normalized spacial score (nSPS) is 10.8. The van der Waals surface area contributed by atoms with Crippen LogP contribution >= 0.6 is 23.2 Å². The summed E-state index contributed by atoms with van der Waals surface area (Å²) in [5.74, 6) is -0.0897. The molecule has 0 aliphatic carbocycles. The fourth-order valence-corrected chi connectivity index (χ4v) is 2.61. The van der Waals surface area contributed by atoms with Gasteiger partial charge in [0.15, 0.2) is 0 Å². The molecule has 0 aliphatic rings. The van der Waals surface area contributed by atoms with Gasteiger partial charge in [-0.2, -0.15) is 0 Å². The standard InChI is InChI=1S/C16H12Cl2N2O/c17-11-2-1-3-13(7-11)20-16(21)6-10-9-19-15-8-12(18)4-5-14(10)15/h1-5,7-9,19H,6H2,(H,20,21). The Bertz CT molecular complexity index is 811. The maximum Gasteiger partial charge on any atom is 0.228 e. The molecule has 21 heavy (non-hydrogen) atoms. The number of aromatic nitrogens is 1.